The fourth-order valence-electron chi connectivity index (χ4n) is 2.37. The van der Waals surface area contributed by atoms with Gasteiger partial charge in [-0.25, -0.2) is 0 Å². The van der Waals surface area contributed by atoms with Gasteiger partial charge >= 0.3 is 0 Å². The topological polar surface area (TPSA) is 29.9 Å². The maximum absolute atomic E-state index is 4.63. The molecule has 0 amide bonds. The van der Waals surface area contributed by atoms with Crippen LogP contribution < -0.4 is 5.32 Å². The zero-order valence-corrected chi connectivity index (χ0v) is 12.3. The molecule has 0 aliphatic rings. The molecule has 0 fully saturated rings. The number of nitrogens with one attached hydrogen (secondary N) is 1. The molecule has 2 aromatic rings. The summed E-state index contributed by atoms with van der Waals surface area (Å²) in [4.78, 5) is 0. The third-order valence-corrected chi connectivity index (χ3v) is 3.28. The second-order valence-electron chi connectivity index (χ2n) is 5.17. The number of aryl methyl sites for hydroxylation is 3. The van der Waals surface area contributed by atoms with Gasteiger partial charge in [-0.05, 0) is 32.4 Å². The molecule has 0 saturated carbocycles. The minimum absolute atomic E-state index is 0.879. The summed E-state index contributed by atoms with van der Waals surface area (Å²) in [6, 6.07) is 6.55. The van der Waals surface area contributed by atoms with Crippen molar-refractivity contribution in [2.45, 2.75) is 33.7 Å². The van der Waals surface area contributed by atoms with Crippen LogP contribution in [0.5, 0.6) is 0 Å². The average molecular weight is 257 g/mol. The summed E-state index contributed by atoms with van der Waals surface area (Å²) in [5.74, 6) is 0. The summed E-state index contributed by atoms with van der Waals surface area (Å²) in [5, 5.41) is 8.08. The Bertz CT molecular complexity index is 555. The number of nitrogens with zero attached hydrogens (tertiary/aromatic N) is 2. The molecule has 0 atom stereocenters. The zero-order chi connectivity index (χ0) is 13.8. The van der Waals surface area contributed by atoms with E-state index in [2.05, 4.69) is 55.6 Å². The number of benzene rings is 1. The molecular formula is C16H23N3. The van der Waals surface area contributed by atoms with Crippen LogP contribution in [0.25, 0.3) is 11.3 Å². The Morgan fingerprint density at radius 3 is 2.74 bits per heavy atom. The Morgan fingerprint density at radius 2 is 2.05 bits per heavy atom. The summed E-state index contributed by atoms with van der Waals surface area (Å²) in [6.45, 7) is 8.38. The second-order valence-corrected chi connectivity index (χ2v) is 5.17. The SMILES string of the molecule is CCCNCc1cn(C)nc1-c1ccc(C)cc1C. The number of hydrogen-bond donors (Lipinski definition) is 1. The predicted octanol–water partition coefficient (Wildman–Crippen LogP) is 3.20. The fourth-order valence-corrected chi connectivity index (χ4v) is 2.37. The lowest BCUT2D eigenvalue weighted by atomic mass is 10.0. The number of hydrogen-bond acceptors (Lipinski definition) is 2. The summed E-state index contributed by atoms with van der Waals surface area (Å²) in [6.07, 6.45) is 3.26. The summed E-state index contributed by atoms with van der Waals surface area (Å²) >= 11 is 0. The molecule has 0 bridgehead atoms. The number of aromatic nitrogens is 2. The first-order chi connectivity index (χ1) is 9.11. The molecule has 0 aliphatic heterocycles. The van der Waals surface area contributed by atoms with Crippen molar-refractivity contribution in [1.82, 2.24) is 15.1 Å². The van der Waals surface area contributed by atoms with Crippen LogP contribution in [0.1, 0.15) is 30.0 Å². The van der Waals surface area contributed by atoms with Gasteiger partial charge in [-0.2, -0.15) is 5.10 Å². The van der Waals surface area contributed by atoms with Crippen LogP contribution in [0.2, 0.25) is 0 Å². The van der Waals surface area contributed by atoms with Gasteiger partial charge in [-0.15, -0.1) is 0 Å². The first kappa shape index (κ1) is 13.8. The van der Waals surface area contributed by atoms with Crippen LogP contribution >= 0.6 is 0 Å². The van der Waals surface area contributed by atoms with Crippen molar-refractivity contribution in [1.29, 1.82) is 0 Å². The lowest BCUT2D eigenvalue weighted by molar-refractivity contribution is 0.675. The van der Waals surface area contributed by atoms with Crippen LogP contribution in [0.3, 0.4) is 0 Å². The molecule has 0 spiro atoms. The van der Waals surface area contributed by atoms with Gasteiger partial charge in [0.2, 0.25) is 0 Å². The Morgan fingerprint density at radius 1 is 1.26 bits per heavy atom. The summed E-state index contributed by atoms with van der Waals surface area (Å²) in [7, 11) is 1.98. The minimum atomic E-state index is 0.879. The molecule has 102 valence electrons. The van der Waals surface area contributed by atoms with Crippen molar-refractivity contribution < 1.29 is 0 Å². The van der Waals surface area contributed by atoms with E-state index in [0.29, 0.717) is 0 Å². The van der Waals surface area contributed by atoms with Crippen molar-refractivity contribution in [2.24, 2.45) is 7.05 Å². The van der Waals surface area contributed by atoms with Crippen molar-refractivity contribution in [2.75, 3.05) is 6.54 Å². The van der Waals surface area contributed by atoms with E-state index < -0.39 is 0 Å². The highest BCUT2D eigenvalue weighted by atomic mass is 15.3. The molecule has 1 aromatic carbocycles. The van der Waals surface area contributed by atoms with Gasteiger partial charge in [0, 0.05) is 30.9 Å². The lowest BCUT2D eigenvalue weighted by Crippen LogP contribution is -2.13. The van der Waals surface area contributed by atoms with Crippen LogP contribution in [0.15, 0.2) is 24.4 Å². The van der Waals surface area contributed by atoms with E-state index >= 15 is 0 Å². The molecule has 3 nitrogen and oxygen atoms in total. The fraction of sp³-hybridized carbons (Fsp3) is 0.438. The summed E-state index contributed by atoms with van der Waals surface area (Å²) < 4.78 is 1.90. The van der Waals surface area contributed by atoms with Crippen LogP contribution in [0.4, 0.5) is 0 Å². The first-order valence-corrected chi connectivity index (χ1v) is 6.92. The highest BCUT2D eigenvalue weighted by Gasteiger charge is 2.11. The highest BCUT2D eigenvalue weighted by molar-refractivity contribution is 5.66. The van der Waals surface area contributed by atoms with Gasteiger partial charge in [0.05, 0.1) is 5.69 Å². The molecule has 0 aliphatic carbocycles. The van der Waals surface area contributed by atoms with Gasteiger partial charge in [0.15, 0.2) is 0 Å². The Kier molecular flexibility index (Phi) is 4.38. The lowest BCUT2D eigenvalue weighted by Gasteiger charge is -2.07. The van der Waals surface area contributed by atoms with Gasteiger partial charge in [0.25, 0.3) is 0 Å². The van der Waals surface area contributed by atoms with E-state index in [1.54, 1.807) is 0 Å². The maximum Gasteiger partial charge on any atom is 0.0970 e. The smallest absolute Gasteiger partial charge is 0.0970 e. The van der Waals surface area contributed by atoms with E-state index in [1.807, 2.05) is 11.7 Å². The Hall–Kier alpha value is -1.61. The summed E-state index contributed by atoms with van der Waals surface area (Å²) in [5.41, 5.74) is 6.18. The normalized spacial score (nSPS) is 10.9. The van der Waals surface area contributed by atoms with Crippen LogP contribution in [-0.4, -0.2) is 16.3 Å². The second kappa shape index (κ2) is 6.02. The maximum atomic E-state index is 4.63. The Balaban J connectivity index is 2.32. The molecule has 1 heterocycles. The molecule has 1 aromatic heterocycles. The third-order valence-electron chi connectivity index (χ3n) is 3.28. The van der Waals surface area contributed by atoms with Crippen LogP contribution in [-0.2, 0) is 13.6 Å². The van der Waals surface area contributed by atoms with Crippen LogP contribution in [0, 0.1) is 13.8 Å². The van der Waals surface area contributed by atoms with Gasteiger partial charge in [0.1, 0.15) is 0 Å². The van der Waals surface area contributed by atoms with Gasteiger partial charge in [-0.1, -0.05) is 30.7 Å². The molecule has 0 radical (unpaired) electrons. The van der Waals surface area contributed by atoms with Crippen molar-refractivity contribution >= 4 is 0 Å². The third kappa shape index (κ3) is 3.24. The monoisotopic (exact) mass is 257 g/mol. The van der Waals surface area contributed by atoms with Crippen molar-refractivity contribution in [3.05, 3.63) is 41.1 Å². The van der Waals surface area contributed by atoms with E-state index in [9.17, 15) is 0 Å². The minimum Gasteiger partial charge on any atom is -0.313 e. The quantitative estimate of drug-likeness (QED) is 0.834. The molecule has 19 heavy (non-hydrogen) atoms. The van der Waals surface area contributed by atoms with E-state index in [0.717, 1.165) is 25.2 Å². The highest BCUT2D eigenvalue weighted by Crippen LogP contribution is 2.26. The first-order valence-electron chi connectivity index (χ1n) is 6.92. The molecule has 0 unspecified atom stereocenters. The molecule has 1 N–H and O–H groups in total. The predicted molar refractivity (Wildman–Crippen MR) is 80.1 cm³/mol. The largest absolute Gasteiger partial charge is 0.313 e. The molecule has 3 heteroatoms. The molecule has 0 saturated heterocycles. The molecular weight excluding hydrogens is 234 g/mol. The van der Waals surface area contributed by atoms with Gasteiger partial charge in [-0.3, -0.25) is 4.68 Å². The van der Waals surface area contributed by atoms with E-state index in [1.165, 1.54) is 22.3 Å². The average Bonchev–Trinajstić information content (AvgIpc) is 2.71. The van der Waals surface area contributed by atoms with Crippen molar-refractivity contribution in [3.63, 3.8) is 0 Å². The standard InChI is InChI=1S/C16H23N3/c1-5-8-17-10-14-11-19(4)18-16(14)15-7-6-12(2)9-13(15)3/h6-7,9,11,17H,5,8,10H2,1-4H3. The van der Waals surface area contributed by atoms with Crippen molar-refractivity contribution in [3.8, 4) is 11.3 Å². The Labute approximate surface area is 115 Å². The van der Waals surface area contributed by atoms with E-state index in [4.69, 9.17) is 0 Å². The zero-order valence-electron chi connectivity index (χ0n) is 12.3. The van der Waals surface area contributed by atoms with Gasteiger partial charge < -0.3 is 5.32 Å². The van der Waals surface area contributed by atoms with E-state index in [-0.39, 0.29) is 0 Å². The molecule has 2 rings (SSSR count). The number of rotatable bonds is 5.